The first-order chi connectivity index (χ1) is 11.1. The summed E-state index contributed by atoms with van der Waals surface area (Å²) in [4.78, 5) is -0.0984. The molecule has 0 fully saturated rings. The van der Waals surface area contributed by atoms with Gasteiger partial charge in [0.1, 0.15) is 4.90 Å². The summed E-state index contributed by atoms with van der Waals surface area (Å²) in [7, 11) is -7.54. The topological polar surface area (TPSA) is 106 Å². The van der Waals surface area contributed by atoms with E-state index in [1.165, 1.54) is 30.3 Å². The van der Waals surface area contributed by atoms with E-state index in [-0.39, 0.29) is 26.4 Å². The Morgan fingerprint density at radius 3 is 2.17 bits per heavy atom. The van der Waals surface area contributed by atoms with Gasteiger partial charge in [0, 0.05) is 11.6 Å². The molecule has 0 aromatic heterocycles. The number of nitrogens with two attached hydrogens (primary N) is 1. The average Bonchev–Trinajstić information content (AvgIpc) is 2.49. The van der Waals surface area contributed by atoms with Crippen molar-refractivity contribution < 1.29 is 16.8 Å². The van der Waals surface area contributed by atoms with Crippen molar-refractivity contribution in [3.63, 3.8) is 0 Å². The van der Waals surface area contributed by atoms with Crippen LogP contribution in [-0.2, 0) is 26.5 Å². The number of primary sulfonamides is 1. The minimum absolute atomic E-state index is 0.00228. The lowest BCUT2D eigenvalue weighted by molar-refractivity contribution is 0.581. The third-order valence-corrected chi connectivity index (χ3v) is 6.25. The number of hydrogen-bond acceptors (Lipinski definition) is 4. The highest BCUT2D eigenvalue weighted by Crippen LogP contribution is 2.24. The fourth-order valence-corrected chi connectivity index (χ4v) is 4.24. The van der Waals surface area contributed by atoms with Crippen LogP contribution < -0.4 is 9.86 Å². The smallest absolute Gasteiger partial charge is 0.225 e. The van der Waals surface area contributed by atoms with Crippen LogP contribution in [0.2, 0.25) is 10.0 Å². The zero-order valence-corrected chi connectivity index (χ0v) is 15.4. The highest BCUT2D eigenvalue weighted by molar-refractivity contribution is 7.89. The highest BCUT2D eigenvalue weighted by atomic mass is 35.5. The van der Waals surface area contributed by atoms with Crippen LogP contribution in [-0.4, -0.2) is 23.4 Å². The fourth-order valence-electron chi connectivity index (χ4n) is 1.94. The molecule has 24 heavy (non-hydrogen) atoms. The molecule has 3 N–H and O–H groups in total. The maximum atomic E-state index is 12.2. The van der Waals surface area contributed by atoms with Crippen LogP contribution in [0.1, 0.15) is 5.56 Å². The van der Waals surface area contributed by atoms with Gasteiger partial charge in [0.15, 0.2) is 0 Å². The van der Waals surface area contributed by atoms with Gasteiger partial charge in [-0.1, -0.05) is 35.3 Å². The van der Waals surface area contributed by atoms with E-state index in [0.29, 0.717) is 6.42 Å². The van der Waals surface area contributed by atoms with Crippen molar-refractivity contribution >= 4 is 43.2 Å². The van der Waals surface area contributed by atoms with Crippen LogP contribution >= 0.6 is 23.2 Å². The number of nitrogens with one attached hydrogen (secondary N) is 1. The van der Waals surface area contributed by atoms with Gasteiger partial charge in [0.25, 0.3) is 0 Å². The summed E-state index contributed by atoms with van der Waals surface area (Å²) < 4.78 is 49.2. The quantitative estimate of drug-likeness (QED) is 0.763. The summed E-state index contributed by atoms with van der Waals surface area (Å²) >= 11 is 11.7. The molecule has 2 aromatic carbocycles. The van der Waals surface area contributed by atoms with E-state index in [1.807, 2.05) is 0 Å². The SMILES string of the molecule is NS(=O)(=O)c1ccc(CCNS(=O)(=O)c2cc(Cl)ccc2Cl)cc1. The van der Waals surface area contributed by atoms with Gasteiger partial charge in [-0.3, -0.25) is 0 Å². The lowest BCUT2D eigenvalue weighted by Gasteiger charge is -2.09. The van der Waals surface area contributed by atoms with Crippen molar-refractivity contribution in [3.05, 3.63) is 58.1 Å². The predicted molar refractivity (Wildman–Crippen MR) is 93.2 cm³/mol. The Kier molecular flexibility index (Phi) is 5.90. The van der Waals surface area contributed by atoms with Crippen molar-refractivity contribution in [1.29, 1.82) is 0 Å². The van der Waals surface area contributed by atoms with Gasteiger partial charge < -0.3 is 0 Å². The van der Waals surface area contributed by atoms with Crippen LogP contribution in [0.3, 0.4) is 0 Å². The molecule has 0 aliphatic carbocycles. The lowest BCUT2D eigenvalue weighted by atomic mass is 10.2. The Bertz CT molecular complexity index is 943. The van der Waals surface area contributed by atoms with E-state index in [9.17, 15) is 16.8 Å². The number of halogens is 2. The van der Waals surface area contributed by atoms with Gasteiger partial charge in [0.2, 0.25) is 20.0 Å². The van der Waals surface area contributed by atoms with Crippen LogP contribution in [0.15, 0.2) is 52.3 Å². The van der Waals surface area contributed by atoms with Crippen molar-refractivity contribution in [1.82, 2.24) is 4.72 Å². The third kappa shape index (κ3) is 4.92. The van der Waals surface area contributed by atoms with E-state index < -0.39 is 20.0 Å². The molecule has 2 aromatic rings. The molecule has 0 saturated carbocycles. The van der Waals surface area contributed by atoms with Gasteiger partial charge in [-0.05, 0) is 42.3 Å². The molecule has 0 heterocycles. The molecule has 0 amide bonds. The van der Waals surface area contributed by atoms with E-state index in [4.69, 9.17) is 28.3 Å². The molecule has 0 spiro atoms. The van der Waals surface area contributed by atoms with E-state index in [1.54, 1.807) is 12.1 Å². The number of rotatable bonds is 6. The van der Waals surface area contributed by atoms with E-state index in [2.05, 4.69) is 4.72 Å². The molecular formula is C14H14Cl2N2O4S2. The molecule has 0 radical (unpaired) electrons. The van der Waals surface area contributed by atoms with E-state index >= 15 is 0 Å². The molecule has 0 unspecified atom stereocenters. The van der Waals surface area contributed by atoms with Crippen molar-refractivity contribution in [3.8, 4) is 0 Å². The minimum atomic E-state index is -3.80. The number of benzene rings is 2. The van der Waals surface area contributed by atoms with Gasteiger partial charge in [0.05, 0.1) is 9.92 Å². The molecule has 0 aliphatic rings. The van der Waals surface area contributed by atoms with Crippen LogP contribution in [0, 0.1) is 0 Å². The molecule has 10 heteroatoms. The molecule has 0 saturated heterocycles. The Balaban J connectivity index is 2.04. The first kappa shape index (κ1) is 19.2. The first-order valence-corrected chi connectivity index (χ1v) is 10.4. The second kappa shape index (κ2) is 7.38. The zero-order valence-electron chi connectivity index (χ0n) is 12.2. The molecule has 0 aliphatic heterocycles. The molecule has 2 rings (SSSR count). The monoisotopic (exact) mass is 408 g/mol. The summed E-state index contributed by atoms with van der Waals surface area (Å²) in [6.45, 7) is 0.111. The van der Waals surface area contributed by atoms with Gasteiger partial charge in [-0.15, -0.1) is 0 Å². The van der Waals surface area contributed by atoms with Crippen LogP contribution in [0.5, 0.6) is 0 Å². The summed E-state index contributed by atoms with van der Waals surface area (Å²) in [6.07, 6.45) is 0.363. The molecule has 6 nitrogen and oxygen atoms in total. The second-order valence-electron chi connectivity index (χ2n) is 4.91. The number of hydrogen-bond donors (Lipinski definition) is 2. The second-order valence-corrected chi connectivity index (χ2v) is 9.05. The fraction of sp³-hybridized carbons (Fsp3) is 0.143. The van der Waals surface area contributed by atoms with Crippen LogP contribution in [0.25, 0.3) is 0 Å². The summed E-state index contributed by atoms with van der Waals surface area (Å²) in [5, 5.41) is 5.35. The van der Waals surface area contributed by atoms with Gasteiger partial charge in [-0.25, -0.2) is 26.7 Å². The lowest BCUT2D eigenvalue weighted by Crippen LogP contribution is -2.26. The Morgan fingerprint density at radius 1 is 0.958 bits per heavy atom. The molecule has 0 atom stereocenters. The van der Waals surface area contributed by atoms with Crippen molar-refractivity contribution in [2.24, 2.45) is 5.14 Å². The zero-order chi connectivity index (χ0) is 18.0. The summed E-state index contributed by atoms with van der Waals surface area (Å²) in [5.74, 6) is 0. The molecule has 130 valence electrons. The van der Waals surface area contributed by atoms with Crippen LogP contribution in [0.4, 0.5) is 0 Å². The maximum absolute atomic E-state index is 12.2. The highest BCUT2D eigenvalue weighted by Gasteiger charge is 2.18. The normalized spacial score (nSPS) is 12.3. The maximum Gasteiger partial charge on any atom is 0.242 e. The third-order valence-electron chi connectivity index (χ3n) is 3.14. The first-order valence-electron chi connectivity index (χ1n) is 6.66. The molecular weight excluding hydrogens is 395 g/mol. The Labute approximate surface area is 150 Å². The number of sulfonamides is 2. The van der Waals surface area contributed by atoms with Gasteiger partial charge in [-0.2, -0.15) is 0 Å². The van der Waals surface area contributed by atoms with E-state index in [0.717, 1.165) is 5.56 Å². The predicted octanol–water partition coefficient (Wildman–Crippen LogP) is 2.16. The summed E-state index contributed by atoms with van der Waals surface area (Å²) in [5.41, 5.74) is 0.752. The minimum Gasteiger partial charge on any atom is -0.225 e. The average molecular weight is 409 g/mol. The Hall–Kier alpha value is -1.16. The van der Waals surface area contributed by atoms with Crippen molar-refractivity contribution in [2.45, 2.75) is 16.2 Å². The largest absolute Gasteiger partial charge is 0.242 e. The summed E-state index contributed by atoms with van der Waals surface area (Å²) in [6, 6.07) is 10.0. The van der Waals surface area contributed by atoms with Gasteiger partial charge >= 0.3 is 0 Å². The Morgan fingerprint density at radius 2 is 1.58 bits per heavy atom. The van der Waals surface area contributed by atoms with Crippen molar-refractivity contribution in [2.75, 3.05) is 6.54 Å². The molecule has 0 bridgehead atoms. The standard InChI is InChI=1S/C14H14Cl2N2O4S2/c15-11-3-6-13(16)14(9-11)24(21,22)18-8-7-10-1-4-12(5-2-10)23(17,19)20/h1-6,9,18H,7-8H2,(H2,17,19,20).